The van der Waals surface area contributed by atoms with Gasteiger partial charge in [-0.25, -0.2) is 0 Å². The summed E-state index contributed by atoms with van der Waals surface area (Å²) in [5.41, 5.74) is 0. The van der Waals surface area contributed by atoms with Crippen molar-refractivity contribution in [1.82, 2.24) is 5.32 Å². The molecule has 0 spiro atoms. The number of rotatable bonds is 40. The normalized spacial score (nSPS) is 14.1. The van der Waals surface area contributed by atoms with E-state index >= 15 is 0 Å². The van der Waals surface area contributed by atoms with Crippen molar-refractivity contribution in [1.29, 1.82) is 0 Å². The molecule has 0 aliphatic rings. The van der Waals surface area contributed by atoms with Crippen LogP contribution in [0.15, 0.2) is 60.8 Å². The van der Waals surface area contributed by atoms with Gasteiger partial charge in [-0.3, -0.25) is 4.79 Å². The molecule has 53 heavy (non-hydrogen) atoms. The minimum Gasteiger partial charge on any atom is -0.394 e. The molecule has 1 amide bonds. The molecule has 0 bridgehead atoms. The maximum absolute atomic E-state index is 12.4. The molecule has 0 fully saturated rings. The van der Waals surface area contributed by atoms with Crippen LogP contribution >= 0.6 is 0 Å². The van der Waals surface area contributed by atoms with E-state index in [1.807, 2.05) is 13.0 Å². The summed E-state index contributed by atoms with van der Waals surface area (Å²) in [5, 5.41) is 33.0. The number of aliphatic hydroxyl groups is 3. The number of hydrogen-bond donors (Lipinski definition) is 4. The molecule has 0 aliphatic heterocycles. The van der Waals surface area contributed by atoms with Crippen LogP contribution in [-0.4, -0.2) is 46.1 Å². The van der Waals surface area contributed by atoms with E-state index < -0.39 is 18.2 Å². The molecule has 0 heterocycles. The third-order valence-electron chi connectivity index (χ3n) is 10.1. The second kappa shape index (κ2) is 42.8. The largest absolute Gasteiger partial charge is 0.394 e. The summed E-state index contributed by atoms with van der Waals surface area (Å²) in [7, 11) is 0. The molecule has 0 saturated heterocycles. The number of amides is 1. The van der Waals surface area contributed by atoms with Gasteiger partial charge in [-0.1, -0.05) is 196 Å². The van der Waals surface area contributed by atoms with Crippen LogP contribution in [0.4, 0.5) is 0 Å². The molecule has 5 nitrogen and oxygen atoms in total. The predicted molar refractivity (Wildman–Crippen MR) is 231 cm³/mol. The Bertz CT molecular complexity index is 907. The van der Waals surface area contributed by atoms with Crippen molar-refractivity contribution in [2.45, 2.75) is 231 Å². The van der Waals surface area contributed by atoms with Gasteiger partial charge in [0.1, 0.15) is 0 Å². The number of unbranched alkanes of at least 4 members (excludes halogenated alkanes) is 24. The van der Waals surface area contributed by atoms with E-state index in [0.29, 0.717) is 6.42 Å². The Morgan fingerprint density at radius 2 is 0.943 bits per heavy atom. The Balaban J connectivity index is 3.56. The average Bonchev–Trinajstić information content (AvgIpc) is 3.15. The van der Waals surface area contributed by atoms with Crippen molar-refractivity contribution in [2.24, 2.45) is 0 Å². The number of carbonyl (C=O) groups is 1. The van der Waals surface area contributed by atoms with Crippen molar-refractivity contribution in [3.8, 4) is 0 Å². The van der Waals surface area contributed by atoms with Crippen LogP contribution in [0.5, 0.6) is 0 Å². The van der Waals surface area contributed by atoms with Gasteiger partial charge in [0.15, 0.2) is 0 Å². The SMILES string of the molecule is C/C=C/CC/C=C/CC/C=C/C(O)C(CO)NC(=O)CC(O)CCCCCCCCCCCCCCC/C=C\C/C=C\CCCCCCCCCCC. The van der Waals surface area contributed by atoms with Gasteiger partial charge in [0.2, 0.25) is 5.91 Å². The number of aliphatic hydroxyl groups excluding tert-OH is 3. The van der Waals surface area contributed by atoms with Gasteiger partial charge in [-0.2, -0.15) is 0 Å². The maximum atomic E-state index is 12.4. The van der Waals surface area contributed by atoms with Gasteiger partial charge < -0.3 is 20.6 Å². The molecule has 0 aromatic heterocycles. The number of nitrogens with one attached hydrogen (secondary N) is 1. The average molecular weight is 742 g/mol. The molecule has 0 radical (unpaired) electrons. The summed E-state index contributed by atoms with van der Waals surface area (Å²) in [6.45, 7) is 3.96. The van der Waals surface area contributed by atoms with E-state index in [4.69, 9.17) is 0 Å². The topological polar surface area (TPSA) is 89.8 Å². The van der Waals surface area contributed by atoms with Crippen molar-refractivity contribution in [2.75, 3.05) is 6.61 Å². The van der Waals surface area contributed by atoms with E-state index in [1.54, 1.807) is 6.08 Å². The molecule has 0 saturated carbocycles. The van der Waals surface area contributed by atoms with Gasteiger partial charge in [-0.05, 0) is 71.1 Å². The molecular formula is C48H87NO4. The number of allylic oxidation sites excluding steroid dienone is 9. The maximum Gasteiger partial charge on any atom is 0.222 e. The lowest BCUT2D eigenvalue weighted by Gasteiger charge is -2.21. The summed E-state index contributed by atoms with van der Waals surface area (Å²) in [6.07, 6.45) is 56.9. The molecule has 0 aromatic carbocycles. The molecule has 4 N–H and O–H groups in total. The van der Waals surface area contributed by atoms with Gasteiger partial charge in [-0.15, -0.1) is 0 Å². The van der Waals surface area contributed by atoms with E-state index in [-0.39, 0.29) is 18.9 Å². The van der Waals surface area contributed by atoms with Crippen LogP contribution in [0.3, 0.4) is 0 Å². The lowest BCUT2D eigenvalue weighted by molar-refractivity contribution is -0.124. The van der Waals surface area contributed by atoms with E-state index in [9.17, 15) is 20.1 Å². The quantitative estimate of drug-likeness (QED) is 0.0372. The van der Waals surface area contributed by atoms with Gasteiger partial charge in [0.05, 0.1) is 31.3 Å². The fraction of sp³-hybridized carbons (Fsp3) is 0.771. The first-order chi connectivity index (χ1) is 26.0. The van der Waals surface area contributed by atoms with E-state index in [2.05, 4.69) is 60.8 Å². The molecule has 308 valence electrons. The summed E-state index contributed by atoms with van der Waals surface area (Å²) >= 11 is 0. The van der Waals surface area contributed by atoms with Crippen molar-refractivity contribution in [3.05, 3.63) is 60.8 Å². The highest BCUT2D eigenvalue weighted by Crippen LogP contribution is 2.15. The van der Waals surface area contributed by atoms with Gasteiger partial charge >= 0.3 is 0 Å². The molecule has 0 rings (SSSR count). The zero-order chi connectivity index (χ0) is 38.7. The second-order valence-electron chi connectivity index (χ2n) is 15.3. The Morgan fingerprint density at radius 3 is 1.42 bits per heavy atom. The van der Waals surface area contributed by atoms with Crippen LogP contribution in [-0.2, 0) is 4.79 Å². The first-order valence-corrected chi connectivity index (χ1v) is 22.5. The summed E-state index contributed by atoms with van der Waals surface area (Å²) < 4.78 is 0. The first-order valence-electron chi connectivity index (χ1n) is 22.5. The Kier molecular flexibility index (Phi) is 41.2. The van der Waals surface area contributed by atoms with Crippen molar-refractivity contribution < 1.29 is 20.1 Å². The van der Waals surface area contributed by atoms with Crippen molar-refractivity contribution >= 4 is 5.91 Å². The lowest BCUT2D eigenvalue weighted by atomic mass is 10.0. The molecule has 3 unspecified atom stereocenters. The van der Waals surface area contributed by atoms with E-state index in [0.717, 1.165) is 44.9 Å². The minimum absolute atomic E-state index is 0.000645. The second-order valence-corrected chi connectivity index (χ2v) is 15.3. The fourth-order valence-electron chi connectivity index (χ4n) is 6.64. The first kappa shape index (κ1) is 51.0. The standard InChI is InChI=1S/C48H87NO4/c1-3-5-7-9-11-13-14-15-16-17-18-19-20-21-22-23-24-25-26-27-28-29-30-31-32-34-35-37-39-41-45(51)43-48(53)49-46(44-50)47(52)42-40-38-36-33-12-10-8-6-4-2/h4,6,12,18-19,21-22,33,40,42,45-47,50-52H,3,5,7-11,13-17,20,23-32,34-39,41,43-44H2,1-2H3,(H,49,53)/b6-4+,19-18-,22-21-,33-12+,42-40+. The Morgan fingerprint density at radius 1 is 0.528 bits per heavy atom. The van der Waals surface area contributed by atoms with Crippen LogP contribution in [0.25, 0.3) is 0 Å². The van der Waals surface area contributed by atoms with Gasteiger partial charge in [0, 0.05) is 0 Å². The van der Waals surface area contributed by atoms with Crippen molar-refractivity contribution in [3.63, 3.8) is 0 Å². The van der Waals surface area contributed by atoms with Crippen LogP contribution in [0, 0.1) is 0 Å². The van der Waals surface area contributed by atoms with E-state index in [1.165, 1.54) is 141 Å². The number of carbonyl (C=O) groups excluding carboxylic acids is 1. The fourth-order valence-corrected chi connectivity index (χ4v) is 6.64. The van der Waals surface area contributed by atoms with Gasteiger partial charge in [0.25, 0.3) is 0 Å². The minimum atomic E-state index is -0.959. The molecule has 0 aliphatic carbocycles. The molecule has 3 atom stereocenters. The smallest absolute Gasteiger partial charge is 0.222 e. The van der Waals surface area contributed by atoms with Crippen LogP contribution < -0.4 is 5.32 Å². The summed E-state index contributed by atoms with van der Waals surface area (Å²) in [4.78, 5) is 12.4. The third-order valence-corrected chi connectivity index (χ3v) is 10.1. The summed E-state index contributed by atoms with van der Waals surface area (Å²) in [5.74, 6) is -0.335. The highest BCUT2D eigenvalue weighted by atomic mass is 16.3. The highest BCUT2D eigenvalue weighted by molar-refractivity contribution is 5.76. The Labute approximate surface area is 329 Å². The van der Waals surface area contributed by atoms with Crippen LogP contribution in [0.1, 0.15) is 213 Å². The lowest BCUT2D eigenvalue weighted by Crippen LogP contribution is -2.45. The highest BCUT2D eigenvalue weighted by Gasteiger charge is 2.20. The third kappa shape index (κ3) is 39.6. The Hall–Kier alpha value is -1.95. The number of hydrogen-bond acceptors (Lipinski definition) is 4. The summed E-state index contributed by atoms with van der Waals surface area (Å²) in [6, 6.07) is -0.767. The van der Waals surface area contributed by atoms with Crippen LogP contribution in [0.2, 0.25) is 0 Å². The predicted octanol–water partition coefficient (Wildman–Crippen LogP) is 13.1. The molecular weight excluding hydrogens is 655 g/mol. The monoisotopic (exact) mass is 742 g/mol. The molecule has 5 heteroatoms. The molecule has 0 aromatic rings. The zero-order valence-electron chi connectivity index (χ0n) is 34.9. The zero-order valence-corrected chi connectivity index (χ0v) is 34.9.